The van der Waals surface area contributed by atoms with Crippen LogP contribution >= 0.6 is 0 Å². The first kappa shape index (κ1) is 21.4. The van der Waals surface area contributed by atoms with E-state index >= 15 is 0 Å². The molecule has 0 unspecified atom stereocenters. The second kappa shape index (κ2) is 7.94. The zero-order valence-corrected chi connectivity index (χ0v) is 19.3. The molecule has 4 atom stereocenters. The number of hydrogen-bond acceptors (Lipinski definition) is 5. The lowest BCUT2D eigenvalue weighted by Crippen LogP contribution is -2.42. The Labute approximate surface area is 202 Å². The standard InChI is InChI=1S/C29H23NO5/c1-16-12-13-18-20-15-19(17-8-4-3-5-9-17)24-26(25(20)29(33)35-23(18)14-16)28(32)30(27(24)31)21-10-6-7-11-22(21)34-2/h3-15,19,24-26H,1-2H3/t19-,24-,25+,26-/m0/s1. The van der Waals surface area contributed by atoms with E-state index in [0.29, 0.717) is 17.2 Å². The minimum absolute atomic E-state index is 0.337. The molecule has 0 spiro atoms. The van der Waals surface area contributed by atoms with Crippen LogP contribution in [0.4, 0.5) is 5.69 Å². The summed E-state index contributed by atoms with van der Waals surface area (Å²) < 4.78 is 11.2. The van der Waals surface area contributed by atoms with Crippen molar-refractivity contribution in [3.05, 3.63) is 95.6 Å². The quantitative estimate of drug-likeness (QED) is 0.323. The zero-order valence-electron chi connectivity index (χ0n) is 19.3. The minimum Gasteiger partial charge on any atom is -0.495 e. The Hall–Kier alpha value is -4.19. The van der Waals surface area contributed by atoms with Crippen molar-refractivity contribution in [2.75, 3.05) is 12.0 Å². The molecule has 6 rings (SSSR count). The lowest BCUT2D eigenvalue weighted by atomic mass is 9.64. The van der Waals surface area contributed by atoms with Crippen molar-refractivity contribution >= 4 is 29.0 Å². The SMILES string of the molecule is COc1ccccc1N1C(=O)[C@@H]2[C@@H]3C(=O)Oc4cc(C)ccc4C3=C[C@@H](c3ccccc3)[C@@H]2C1=O. The van der Waals surface area contributed by atoms with E-state index in [1.165, 1.54) is 12.0 Å². The average Bonchev–Trinajstić information content (AvgIpc) is 3.13. The van der Waals surface area contributed by atoms with E-state index in [-0.39, 0.29) is 11.8 Å². The lowest BCUT2D eigenvalue weighted by molar-refractivity contribution is -0.142. The van der Waals surface area contributed by atoms with Gasteiger partial charge in [0.15, 0.2) is 0 Å². The Morgan fingerprint density at radius 1 is 0.857 bits per heavy atom. The van der Waals surface area contributed by atoms with Gasteiger partial charge >= 0.3 is 5.97 Å². The number of benzene rings is 3. The number of hydrogen-bond donors (Lipinski definition) is 0. The van der Waals surface area contributed by atoms with Crippen molar-refractivity contribution in [3.63, 3.8) is 0 Å². The Kier molecular flexibility index (Phi) is 4.85. The van der Waals surface area contributed by atoms with E-state index in [2.05, 4.69) is 0 Å². The molecular weight excluding hydrogens is 442 g/mol. The molecule has 6 heteroatoms. The molecule has 3 aromatic carbocycles. The number of carbonyl (C=O) groups is 3. The number of methoxy groups -OCH3 is 1. The summed E-state index contributed by atoms with van der Waals surface area (Å²) in [5.74, 6) is -3.17. The molecule has 1 aliphatic carbocycles. The number of rotatable bonds is 3. The van der Waals surface area contributed by atoms with Gasteiger partial charge in [0.25, 0.3) is 0 Å². The summed E-state index contributed by atoms with van der Waals surface area (Å²) in [5.41, 5.74) is 3.81. The normalized spacial score (nSPS) is 24.8. The molecule has 1 fully saturated rings. The van der Waals surface area contributed by atoms with Crippen LogP contribution in [-0.4, -0.2) is 24.9 Å². The van der Waals surface area contributed by atoms with Crippen molar-refractivity contribution in [3.8, 4) is 11.5 Å². The number of aryl methyl sites for hydroxylation is 1. The largest absolute Gasteiger partial charge is 0.495 e. The van der Waals surface area contributed by atoms with Crippen LogP contribution in [0.1, 0.15) is 22.6 Å². The fourth-order valence-electron chi connectivity index (χ4n) is 5.72. The van der Waals surface area contributed by atoms with E-state index in [1.54, 1.807) is 24.3 Å². The first-order valence-corrected chi connectivity index (χ1v) is 11.6. The molecule has 0 saturated carbocycles. The monoisotopic (exact) mass is 465 g/mol. The number of imide groups is 1. The summed E-state index contributed by atoms with van der Waals surface area (Å²) in [6.07, 6.45) is 1.99. The number of allylic oxidation sites excluding steroid dienone is 1. The van der Waals surface area contributed by atoms with Crippen molar-refractivity contribution in [2.45, 2.75) is 12.8 Å². The number of para-hydroxylation sites is 2. The van der Waals surface area contributed by atoms with E-state index < -0.39 is 29.6 Å². The molecule has 3 aromatic rings. The number of nitrogens with zero attached hydrogens (tertiary/aromatic N) is 1. The number of fused-ring (bicyclic) bond motifs is 5. The predicted octanol–water partition coefficient (Wildman–Crippen LogP) is 4.53. The molecular formula is C29H23NO5. The third-order valence-electron chi connectivity index (χ3n) is 7.26. The first-order valence-electron chi connectivity index (χ1n) is 11.6. The second-order valence-corrected chi connectivity index (χ2v) is 9.19. The van der Waals surface area contributed by atoms with Crippen molar-refractivity contribution in [1.29, 1.82) is 0 Å². The molecule has 0 radical (unpaired) electrons. The zero-order chi connectivity index (χ0) is 24.3. The van der Waals surface area contributed by atoms with Crippen LogP contribution in [0, 0.1) is 24.7 Å². The number of carbonyl (C=O) groups excluding carboxylic acids is 3. The maximum Gasteiger partial charge on any atom is 0.319 e. The Morgan fingerprint density at radius 2 is 1.57 bits per heavy atom. The van der Waals surface area contributed by atoms with Crippen LogP contribution in [0.3, 0.4) is 0 Å². The van der Waals surface area contributed by atoms with Gasteiger partial charge in [0.1, 0.15) is 11.5 Å². The van der Waals surface area contributed by atoms with Gasteiger partial charge in [0.2, 0.25) is 11.8 Å². The van der Waals surface area contributed by atoms with Gasteiger partial charge in [-0.3, -0.25) is 14.4 Å². The fraction of sp³-hybridized carbons (Fsp3) is 0.207. The van der Waals surface area contributed by atoms with Crippen LogP contribution in [0.5, 0.6) is 11.5 Å². The Bertz CT molecular complexity index is 1410. The topological polar surface area (TPSA) is 72.9 Å². The van der Waals surface area contributed by atoms with E-state index in [1.807, 2.05) is 61.5 Å². The highest BCUT2D eigenvalue weighted by atomic mass is 16.5. The molecule has 35 heavy (non-hydrogen) atoms. The molecule has 174 valence electrons. The molecule has 0 N–H and O–H groups in total. The third kappa shape index (κ3) is 3.13. The minimum atomic E-state index is -0.875. The van der Waals surface area contributed by atoms with Gasteiger partial charge in [-0.25, -0.2) is 4.90 Å². The highest BCUT2D eigenvalue weighted by Crippen LogP contribution is 2.55. The van der Waals surface area contributed by atoms with Gasteiger partial charge in [-0.1, -0.05) is 60.7 Å². The van der Waals surface area contributed by atoms with Crippen LogP contribution < -0.4 is 14.4 Å². The van der Waals surface area contributed by atoms with Gasteiger partial charge in [0, 0.05) is 11.5 Å². The van der Waals surface area contributed by atoms with Gasteiger partial charge in [0.05, 0.1) is 30.6 Å². The van der Waals surface area contributed by atoms with Crippen molar-refractivity contribution in [1.82, 2.24) is 0 Å². The van der Waals surface area contributed by atoms with Gasteiger partial charge < -0.3 is 9.47 Å². The van der Waals surface area contributed by atoms with Gasteiger partial charge in [-0.05, 0) is 41.8 Å². The first-order chi connectivity index (χ1) is 17.0. The maximum atomic E-state index is 14.0. The van der Waals surface area contributed by atoms with Crippen LogP contribution in [0.15, 0.2) is 78.9 Å². The highest BCUT2D eigenvalue weighted by molar-refractivity contribution is 6.25. The number of anilines is 1. The summed E-state index contributed by atoms with van der Waals surface area (Å²) in [5, 5.41) is 0. The van der Waals surface area contributed by atoms with E-state index in [9.17, 15) is 14.4 Å². The van der Waals surface area contributed by atoms with E-state index in [0.717, 1.165) is 22.3 Å². The Balaban J connectivity index is 1.56. The Morgan fingerprint density at radius 3 is 2.34 bits per heavy atom. The van der Waals surface area contributed by atoms with Crippen molar-refractivity contribution in [2.24, 2.45) is 17.8 Å². The lowest BCUT2D eigenvalue weighted by Gasteiger charge is -2.38. The van der Waals surface area contributed by atoms with Gasteiger partial charge in [-0.2, -0.15) is 0 Å². The molecule has 2 amide bonds. The van der Waals surface area contributed by atoms with Crippen LogP contribution in [-0.2, 0) is 14.4 Å². The summed E-state index contributed by atoms with van der Waals surface area (Å²) in [6.45, 7) is 1.93. The van der Waals surface area contributed by atoms with Crippen LogP contribution in [0.2, 0.25) is 0 Å². The van der Waals surface area contributed by atoms with Crippen LogP contribution in [0.25, 0.3) is 5.57 Å². The molecule has 0 aromatic heterocycles. The van der Waals surface area contributed by atoms with Gasteiger partial charge in [-0.15, -0.1) is 0 Å². The highest BCUT2D eigenvalue weighted by Gasteiger charge is 2.60. The predicted molar refractivity (Wildman–Crippen MR) is 130 cm³/mol. The second-order valence-electron chi connectivity index (χ2n) is 9.19. The maximum absolute atomic E-state index is 14.0. The summed E-state index contributed by atoms with van der Waals surface area (Å²) >= 11 is 0. The number of amides is 2. The molecule has 6 nitrogen and oxygen atoms in total. The average molecular weight is 466 g/mol. The van der Waals surface area contributed by atoms with Crippen molar-refractivity contribution < 1.29 is 23.9 Å². The summed E-state index contributed by atoms with van der Waals surface area (Å²) in [6, 6.07) is 22.3. The molecule has 1 saturated heterocycles. The van der Waals surface area contributed by atoms with E-state index in [4.69, 9.17) is 9.47 Å². The summed E-state index contributed by atoms with van der Waals surface area (Å²) in [7, 11) is 1.50. The summed E-state index contributed by atoms with van der Waals surface area (Å²) in [4.78, 5) is 42.4. The smallest absolute Gasteiger partial charge is 0.319 e. The molecule has 2 heterocycles. The molecule has 3 aliphatic rings. The number of esters is 1. The molecule has 0 bridgehead atoms. The fourth-order valence-corrected chi connectivity index (χ4v) is 5.72. The number of ether oxygens (including phenoxy) is 2. The third-order valence-corrected chi connectivity index (χ3v) is 7.26. The molecule has 2 aliphatic heterocycles.